The Bertz CT molecular complexity index is 750. The number of nitrogens with zero attached hydrogens (tertiary/aromatic N) is 2. The molecule has 4 saturated carbocycles. The number of rotatable bonds is 5. The molecule has 4 aliphatic carbocycles. The van der Waals surface area contributed by atoms with Crippen LogP contribution in [0.2, 0.25) is 0 Å². The Morgan fingerprint density at radius 3 is 2.61 bits per heavy atom. The summed E-state index contributed by atoms with van der Waals surface area (Å²) < 4.78 is 0. The summed E-state index contributed by atoms with van der Waals surface area (Å²) >= 11 is 0. The molecule has 31 heavy (non-hydrogen) atoms. The number of aliphatic hydroxyl groups excluding tert-OH is 1. The van der Waals surface area contributed by atoms with Crippen LogP contribution in [0.25, 0.3) is 0 Å². The molecule has 4 fully saturated rings. The lowest BCUT2D eigenvalue weighted by atomic mass is 9.41. The molecule has 0 saturated heterocycles. The number of H-pyrrole nitrogens is 1. The molecule has 4 nitrogen and oxygen atoms in total. The van der Waals surface area contributed by atoms with Gasteiger partial charge in [-0.05, 0) is 97.2 Å². The highest BCUT2D eigenvalue weighted by molar-refractivity contribution is 5.13. The summed E-state index contributed by atoms with van der Waals surface area (Å²) in [6.07, 6.45) is 15.9. The Morgan fingerprint density at radius 1 is 1.06 bits per heavy atom. The van der Waals surface area contributed by atoms with E-state index in [4.69, 9.17) is 0 Å². The molecule has 1 aromatic heterocycles. The van der Waals surface area contributed by atoms with Crippen LogP contribution in [-0.4, -0.2) is 26.4 Å². The lowest BCUT2D eigenvalue weighted by Gasteiger charge is -2.64. The molecule has 5 rings (SSSR count). The molecule has 0 radical (unpaired) electrons. The van der Waals surface area contributed by atoms with Gasteiger partial charge in [-0.1, -0.05) is 47.0 Å². The zero-order valence-electron chi connectivity index (χ0n) is 20.3. The number of aryl methyl sites for hydroxylation is 1. The van der Waals surface area contributed by atoms with Gasteiger partial charge in [0.25, 0.3) is 0 Å². The first-order chi connectivity index (χ1) is 14.9. The Kier molecular flexibility index (Phi) is 5.76. The van der Waals surface area contributed by atoms with Gasteiger partial charge < -0.3 is 5.11 Å². The van der Waals surface area contributed by atoms with Crippen LogP contribution in [0, 0.1) is 52.3 Å². The Morgan fingerprint density at radius 2 is 1.87 bits per heavy atom. The normalized spacial score (nSPS) is 48.0. The lowest BCUT2D eigenvalue weighted by Crippen LogP contribution is -2.61. The molecule has 0 aromatic carbocycles. The van der Waals surface area contributed by atoms with E-state index in [1.807, 2.05) is 0 Å². The molecule has 4 heteroatoms. The highest BCUT2D eigenvalue weighted by Crippen LogP contribution is 2.69. The Hall–Kier alpha value is -0.900. The number of aromatic amines is 1. The summed E-state index contributed by atoms with van der Waals surface area (Å²) in [5.41, 5.74) is 0.874. The standard InChI is InChI=1S/C27H45N3O/c1-5-18-20-8-6-7-14-26(20,3)22-13-15-27(4)19(10-11-21(27)24(22)25(18)31)17(2)9-12-23-28-16-29-30-23/h16-22,24-25,31H,5-15H2,1-4H3,(H,28,29,30)/t17-,18-,19?,20+,21?,22?,24?,25-,26+,27-/m1/s1. The zero-order valence-corrected chi connectivity index (χ0v) is 20.3. The van der Waals surface area contributed by atoms with E-state index in [9.17, 15) is 5.11 Å². The molecule has 0 spiro atoms. The molecule has 1 heterocycles. The van der Waals surface area contributed by atoms with Crippen LogP contribution < -0.4 is 0 Å². The molecular formula is C27H45N3O. The maximum atomic E-state index is 11.8. The number of aliphatic hydroxyl groups is 1. The van der Waals surface area contributed by atoms with Crippen molar-refractivity contribution in [3.05, 3.63) is 12.2 Å². The van der Waals surface area contributed by atoms with E-state index in [1.165, 1.54) is 57.8 Å². The third-order valence-electron chi connectivity index (χ3n) is 11.4. The third-order valence-corrected chi connectivity index (χ3v) is 11.4. The summed E-state index contributed by atoms with van der Waals surface area (Å²) in [6.45, 7) is 10.1. The molecule has 2 N–H and O–H groups in total. The van der Waals surface area contributed by atoms with E-state index in [1.54, 1.807) is 6.33 Å². The molecule has 174 valence electrons. The first kappa shape index (κ1) is 21.9. The first-order valence-electron chi connectivity index (χ1n) is 13.4. The number of fused-ring (bicyclic) bond motifs is 5. The average molecular weight is 428 g/mol. The lowest BCUT2D eigenvalue weighted by molar-refractivity contribution is -0.194. The van der Waals surface area contributed by atoms with E-state index in [-0.39, 0.29) is 6.10 Å². The SMILES string of the molecule is CC[C@H]1[C@@H](O)C2C3CCC([C@H](C)CCc4ncn[nH]4)[C@@]3(C)CCC2[C@@]2(C)CCCC[C@@H]12. The van der Waals surface area contributed by atoms with Crippen molar-refractivity contribution in [2.45, 2.75) is 104 Å². The minimum atomic E-state index is -0.0703. The third kappa shape index (κ3) is 3.33. The van der Waals surface area contributed by atoms with Crippen molar-refractivity contribution in [1.29, 1.82) is 0 Å². The predicted molar refractivity (Wildman–Crippen MR) is 124 cm³/mol. The van der Waals surface area contributed by atoms with E-state index < -0.39 is 0 Å². The fourth-order valence-electron chi connectivity index (χ4n) is 9.93. The highest BCUT2D eigenvalue weighted by atomic mass is 16.3. The van der Waals surface area contributed by atoms with Gasteiger partial charge in [-0.3, -0.25) is 5.10 Å². The quantitative estimate of drug-likeness (QED) is 0.603. The van der Waals surface area contributed by atoms with Gasteiger partial charge in [0.05, 0.1) is 6.10 Å². The van der Waals surface area contributed by atoms with Crippen molar-refractivity contribution in [2.24, 2.45) is 52.3 Å². The topological polar surface area (TPSA) is 61.8 Å². The second kappa shape index (κ2) is 8.15. The maximum Gasteiger partial charge on any atom is 0.137 e. The predicted octanol–water partition coefficient (Wildman–Crippen LogP) is 6.03. The molecule has 4 unspecified atom stereocenters. The average Bonchev–Trinajstić information content (AvgIpc) is 3.40. The maximum absolute atomic E-state index is 11.8. The van der Waals surface area contributed by atoms with Crippen LogP contribution in [0.3, 0.4) is 0 Å². The Balaban J connectivity index is 1.38. The summed E-state index contributed by atoms with van der Waals surface area (Å²) in [6, 6.07) is 0. The number of aromatic nitrogens is 3. The number of hydrogen-bond donors (Lipinski definition) is 2. The van der Waals surface area contributed by atoms with Gasteiger partial charge in [-0.2, -0.15) is 5.10 Å². The fraction of sp³-hybridized carbons (Fsp3) is 0.926. The van der Waals surface area contributed by atoms with E-state index in [0.29, 0.717) is 34.5 Å². The molecule has 0 aliphatic heterocycles. The van der Waals surface area contributed by atoms with Crippen molar-refractivity contribution in [2.75, 3.05) is 0 Å². The molecule has 0 bridgehead atoms. The first-order valence-corrected chi connectivity index (χ1v) is 13.4. The van der Waals surface area contributed by atoms with Gasteiger partial charge in [-0.15, -0.1) is 0 Å². The smallest absolute Gasteiger partial charge is 0.137 e. The van der Waals surface area contributed by atoms with Crippen molar-refractivity contribution < 1.29 is 5.11 Å². The summed E-state index contributed by atoms with van der Waals surface area (Å²) in [4.78, 5) is 4.34. The van der Waals surface area contributed by atoms with Gasteiger partial charge in [0, 0.05) is 6.42 Å². The van der Waals surface area contributed by atoms with Crippen molar-refractivity contribution >= 4 is 0 Å². The monoisotopic (exact) mass is 427 g/mol. The van der Waals surface area contributed by atoms with Gasteiger partial charge in [0.15, 0.2) is 0 Å². The summed E-state index contributed by atoms with van der Waals surface area (Å²) in [7, 11) is 0. The minimum absolute atomic E-state index is 0.0703. The molecule has 4 aliphatic rings. The van der Waals surface area contributed by atoms with Crippen LogP contribution in [0.1, 0.15) is 97.7 Å². The van der Waals surface area contributed by atoms with Gasteiger partial charge >= 0.3 is 0 Å². The van der Waals surface area contributed by atoms with Gasteiger partial charge in [0.1, 0.15) is 12.2 Å². The fourth-order valence-corrected chi connectivity index (χ4v) is 9.93. The van der Waals surface area contributed by atoms with Crippen LogP contribution in [0.4, 0.5) is 0 Å². The summed E-state index contributed by atoms with van der Waals surface area (Å²) in [5, 5.41) is 18.9. The minimum Gasteiger partial charge on any atom is -0.393 e. The van der Waals surface area contributed by atoms with E-state index in [0.717, 1.165) is 36.4 Å². The summed E-state index contributed by atoms with van der Waals surface area (Å²) in [5.74, 6) is 5.80. The van der Waals surface area contributed by atoms with Crippen LogP contribution in [0.5, 0.6) is 0 Å². The Labute approximate surface area is 189 Å². The van der Waals surface area contributed by atoms with Crippen molar-refractivity contribution in [3.63, 3.8) is 0 Å². The van der Waals surface area contributed by atoms with Gasteiger partial charge in [0.2, 0.25) is 0 Å². The number of nitrogens with one attached hydrogen (secondary N) is 1. The van der Waals surface area contributed by atoms with Crippen LogP contribution in [-0.2, 0) is 6.42 Å². The second-order valence-electron chi connectivity index (χ2n) is 12.4. The second-order valence-corrected chi connectivity index (χ2v) is 12.4. The van der Waals surface area contributed by atoms with Crippen LogP contribution >= 0.6 is 0 Å². The highest BCUT2D eigenvalue weighted by Gasteiger charge is 2.64. The molecule has 0 amide bonds. The van der Waals surface area contributed by atoms with Gasteiger partial charge in [-0.25, -0.2) is 4.98 Å². The largest absolute Gasteiger partial charge is 0.393 e. The van der Waals surface area contributed by atoms with Crippen LogP contribution in [0.15, 0.2) is 6.33 Å². The zero-order chi connectivity index (χ0) is 21.8. The van der Waals surface area contributed by atoms with Crippen molar-refractivity contribution in [1.82, 2.24) is 15.2 Å². The van der Waals surface area contributed by atoms with E-state index >= 15 is 0 Å². The molecule has 10 atom stereocenters. The molecule has 1 aromatic rings. The number of hydrogen-bond acceptors (Lipinski definition) is 3. The van der Waals surface area contributed by atoms with E-state index in [2.05, 4.69) is 42.9 Å². The molecular weight excluding hydrogens is 382 g/mol. The van der Waals surface area contributed by atoms with Crippen molar-refractivity contribution in [3.8, 4) is 0 Å².